The van der Waals surface area contributed by atoms with Crippen LogP contribution in [-0.2, 0) is 5.54 Å². The first-order valence-electron chi connectivity index (χ1n) is 5.52. The van der Waals surface area contributed by atoms with Gasteiger partial charge in [0, 0.05) is 18.5 Å². The van der Waals surface area contributed by atoms with Crippen molar-refractivity contribution in [1.82, 2.24) is 4.98 Å². The van der Waals surface area contributed by atoms with E-state index >= 15 is 0 Å². The van der Waals surface area contributed by atoms with Crippen LogP contribution in [0.2, 0.25) is 0 Å². The number of nitrogens with two attached hydrogens (primary N) is 1. The molecule has 2 rings (SSSR count). The van der Waals surface area contributed by atoms with Crippen molar-refractivity contribution in [3.8, 4) is 0 Å². The summed E-state index contributed by atoms with van der Waals surface area (Å²) in [7, 11) is 0. The summed E-state index contributed by atoms with van der Waals surface area (Å²) in [4.78, 5) is 4.35. The Labute approximate surface area is 93.9 Å². The van der Waals surface area contributed by atoms with Gasteiger partial charge in [0.15, 0.2) is 0 Å². The van der Waals surface area contributed by atoms with E-state index in [4.69, 9.17) is 5.73 Å². The molecule has 16 heavy (non-hydrogen) atoms. The largest absolute Gasteiger partial charge is 0.320 e. The topological polar surface area (TPSA) is 38.9 Å². The molecule has 0 amide bonds. The van der Waals surface area contributed by atoms with Gasteiger partial charge in [-0.3, -0.25) is 4.98 Å². The fourth-order valence-corrected chi connectivity index (χ4v) is 2.14. The van der Waals surface area contributed by atoms with Crippen LogP contribution in [0, 0.1) is 6.92 Å². The van der Waals surface area contributed by atoms with E-state index in [2.05, 4.69) is 4.98 Å². The predicted molar refractivity (Wildman–Crippen MR) is 58.3 cm³/mol. The van der Waals surface area contributed by atoms with Crippen molar-refractivity contribution in [3.63, 3.8) is 0 Å². The highest BCUT2D eigenvalue weighted by molar-refractivity contribution is 5.19. The van der Waals surface area contributed by atoms with E-state index in [0.29, 0.717) is 12.8 Å². The van der Waals surface area contributed by atoms with Crippen LogP contribution in [-0.4, -0.2) is 10.9 Å². The Hall–Kier alpha value is -1.03. The summed E-state index contributed by atoms with van der Waals surface area (Å²) in [6.07, 6.45) is 0.325. The lowest BCUT2D eigenvalue weighted by atomic mass is 9.78. The molecule has 0 aromatic carbocycles. The van der Waals surface area contributed by atoms with Crippen molar-refractivity contribution in [2.24, 2.45) is 5.73 Å². The zero-order valence-electron chi connectivity index (χ0n) is 9.34. The number of alkyl halides is 2. The maximum Gasteiger partial charge on any atom is 0.248 e. The fraction of sp³-hybridized carbons (Fsp3) is 0.583. The smallest absolute Gasteiger partial charge is 0.248 e. The minimum absolute atomic E-state index is 0.140. The van der Waals surface area contributed by atoms with Gasteiger partial charge in [-0.15, -0.1) is 0 Å². The van der Waals surface area contributed by atoms with Gasteiger partial charge in [0.25, 0.3) is 0 Å². The number of aromatic nitrogens is 1. The van der Waals surface area contributed by atoms with Crippen LogP contribution in [0.3, 0.4) is 0 Å². The Morgan fingerprint density at radius 1 is 1.19 bits per heavy atom. The van der Waals surface area contributed by atoms with E-state index in [0.717, 1.165) is 11.4 Å². The summed E-state index contributed by atoms with van der Waals surface area (Å²) in [5.41, 5.74) is 7.12. The molecule has 0 saturated heterocycles. The highest BCUT2D eigenvalue weighted by atomic mass is 19.3. The second-order valence-corrected chi connectivity index (χ2v) is 4.68. The lowest BCUT2D eigenvalue weighted by molar-refractivity contribution is -0.0519. The number of rotatable bonds is 1. The van der Waals surface area contributed by atoms with E-state index in [1.165, 1.54) is 0 Å². The third kappa shape index (κ3) is 2.21. The van der Waals surface area contributed by atoms with Crippen molar-refractivity contribution in [2.45, 2.75) is 44.1 Å². The van der Waals surface area contributed by atoms with Gasteiger partial charge in [0.05, 0.1) is 11.2 Å². The normalized spacial score (nSPS) is 23.0. The summed E-state index contributed by atoms with van der Waals surface area (Å²) in [5.74, 6) is -2.55. The van der Waals surface area contributed by atoms with Crippen LogP contribution in [0.25, 0.3) is 0 Å². The molecule has 2 nitrogen and oxygen atoms in total. The second-order valence-electron chi connectivity index (χ2n) is 4.68. The second kappa shape index (κ2) is 3.77. The van der Waals surface area contributed by atoms with Crippen molar-refractivity contribution in [3.05, 3.63) is 29.6 Å². The lowest BCUT2D eigenvalue weighted by Crippen LogP contribution is -2.44. The van der Waals surface area contributed by atoms with E-state index in [1.54, 1.807) is 0 Å². The third-order valence-corrected chi connectivity index (χ3v) is 3.27. The summed E-state index contributed by atoms with van der Waals surface area (Å²) in [6.45, 7) is 1.88. The predicted octanol–water partition coefficient (Wildman–Crippen LogP) is 2.75. The van der Waals surface area contributed by atoms with Gasteiger partial charge in [-0.2, -0.15) is 0 Å². The average Bonchev–Trinajstić information content (AvgIpc) is 2.23. The summed E-state index contributed by atoms with van der Waals surface area (Å²) in [6, 6.07) is 5.58. The van der Waals surface area contributed by atoms with Crippen LogP contribution in [0.4, 0.5) is 8.78 Å². The van der Waals surface area contributed by atoms with E-state index < -0.39 is 11.5 Å². The molecule has 0 unspecified atom stereocenters. The van der Waals surface area contributed by atoms with E-state index in [1.807, 2.05) is 25.1 Å². The monoisotopic (exact) mass is 226 g/mol. The number of hydrogen-bond acceptors (Lipinski definition) is 2. The van der Waals surface area contributed by atoms with Crippen LogP contribution in [0.5, 0.6) is 0 Å². The maximum absolute atomic E-state index is 13.1. The third-order valence-electron chi connectivity index (χ3n) is 3.27. The molecule has 1 heterocycles. The van der Waals surface area contributed by atoms with Gasteiger partial charge < -0.3 is 5.73 Å². The Morgan fingerprint density at radius 3 is 2.38 bits per heavy atom. The first-order valence-corrected chi connectivity index (χ1v) is 5.52. The maximum atomic E-state index is 13.1. The number of nitrogens with zero attached hydrogens (tertiary/aromatic N) is 1. The Bertz CT molecular complexity index is 380. The minimum atomic E-state index is -2.55. The molecular formula is C12H16F2N2. The van der Waals surface area contributed by atoms with Gasteiger partial charge in [-0.25, -0.2) is 8.78 Å². The van der Waals surface area contributed by atoms with E-state index in [9.17, 15) is 8.78 Å². The van der Waals surface area contributed by atoms with Crippen LogP contribution in [0.15, 0.2) is 18.2 Å². The van der Waals surface area contributed by atoms with Crippen LogP contribution < -0.4 is 5.73 Å². The zero-order chi connectivity index (χ0) is 11.8. The summed E-state index contributed by atoms with van der Waals surface area (Å²) < 4.78 is 26.1. The fourth-order valence-electron chi connectivity index (χ4n) is 2.14. The van der Waals surface area contributed by atoms with Crippen molar-refractivity contribution in [2.75, 3.05) is 0 Å². The first kappa shape index (κ1) is 11.5. The highest BCUT2D eigenvalue weighted by Gasteiger charge is 2.42. The van der Waals surface area contributed by atoms with Gasteiger partial charge in [-0.1, -0.05) is 6.07 Å². The number of hydrogen-bond donors (Lipinski definition) is 1. The molecule has 0 atom stereocenters. The highest BCUT2D eigenvalue weighted by Crippen LogP contribution is 2.41. The average molecular weight is 226 g/mol. The van der Waals surface area contributed by atoms with Gasteiger partial charge in [0.2, 0.25) is 5.92 Å². The molecular weight excluding hydrogens is 210 g/mol. The standard InChI is InChI=1S/C12H16F2N2/c1-9-3-2-4-10(16-9)11(15)5-7-12(13,14)8-6-11/h2-4H,5-8,15H2,1H3. The van der Waals surface area contributed by atoms with Crippen molar-refractivity contribution in [1.29, 1.82) is 0 Å². The summed E-state index contributed by atoms with van der Waals surface area (Å²) in [5, 5.41) is 0. The lowest BCUT2D eigenvalue weighted by Gasteiger charge is -2.36. The Morgan fingerprint density at radius 2 is 1.81 bits per heavy atom. The van der Waals surface area contributed by atoms with Crippen LogP contribution >= 0.6 is 0 Å². The number of aryl methyl sites for hydroxylation is 1. The molecule has 1 saturated carbocycles. The molecule has 1 aromatic heterocycles. The molecule has 1 fully saturated rings. The molecule has 88 valence electrons. The Balaban J connectivity index is 2.21. The van der Waals surface area contributed by atoms with Crippen LogP contribution in [0.1, 0.15) is 37.1 Å². The molecule has 0 spiro atoms. The Kier molecular flexibility index (Phi) is 2.70. The van der Waals surface area contributed by atoms with Crippen molar-refractivity contribution < 1.29 is 8.78 Å². The molecule has 1 aromatic rings. The van der Waals surface area contributed by atoms with Gasteiger partial charge in [0.1, 0.15) is 0 Å². The minimum Gasteiger partial charge on any atom is -0.320 e. The van der Waals surface area contributed by atoms with Crippen molar-refractivity contribution >= 4 is 0 Å². The quantitative estimate of drug-likeness (QED) is 0.799. The molecule has 0 radical (unpaired) electrons. The first-order chi connectivity index (χ1) is 7.41. The molecule has 0 aliphatic heterocycles. The van der Waals surface area contributed by atoms with Gasteiger partial charge >= 0.3 is 0 Å². The molecule has 2 N–H and O–H groups in total. The SMILES string of the molecule is Cc1cccc(C2(N)CCC(F)(F)CC2)n1. The van der Waals surface area contributed by atoms with Gasteiger partial charge in [-0.05, 0) is 31.9 Å². The molecule has 0 bridgehead atoms. The number of pyridine rings is 1. The zero-order valence-corrected chi connectivity index (χ0v) is 9.34. The number of halogens is 2. The van der Waals surface area contributed by atoms with E-state index in [-0.39, 0.29) is 12.8 Å². The molecule has 4 heteroatoms. The molecule has 1 aliphatic carbocycles. The summed E-state index contributed by atoms with van der Waals surface area (Å²) >= 11 is 0. The molecule has 1 aliphatic rings.